The van der Waals surface area contributed by atoms with Crippen LogP contribution in [0.1, 0.15) is 57.6 Å². The summed E-state index contributed by atoms with van der Waals surface area (Å²) < 4.78 is 12.3. The number of ether oxygens (including phenoxy) is 1. The normalized spacial score (nSPS) is 24.3. The van der Waals surface area contributed by atoms with Gasteiger partial charge in [0, 0.05) is 25.3 Å². The minimum Gasteiger partial charge on any atom is -0.460 e. The Hall–Kier alpha value is -1.25. The molecule has 0 aromatic carbocycles. The van der Waals surface area contributed by atoms with Crippen LogP contribution < -0.4 is 10.2 Å². The summed E-state index contributed by atoms with van der Waals surface area (Å²) in [6.45, 7) is 2.07. The zero-order chi connectivity index (χ0) is 19.5. The highest BCUT2D eigenvalue weighted by molar-refractivity contribution is 9.10. The maximum atomic E-state index is 12.3. The molecule has 146 valence electrons. The molecule has 2 unspecified atom stereocenters. The minimum atomic E-state index is -0.108. The van der Waals surface area contributed by atoms with E-state index in [9.17, 15) is 4.79 Å². The molecule has 0 amide bonds. The van der Waals surface area contributed by atoms with Crippen LogP contribution in [-0.4, -0.2) is 10.9 Å². The first kappa shape index (κ1) is 22.0. The summed E-state index contributed by atoms with van der Waals surface area (Å²) in [5.41, 5.74) is -0.108. The van der Waals surface area contributed by atoms with Crippen LogP contribution in [0, 0.1) is 11.8 Å². The molecule has 3 nitrogen and oxygen atoms in total. The van der Waals surface area contributed by atoms with Crippen LogP contribution in [0.15, 0.2) is 44.1 Å². The number of hydrogen-bond donors (Lipinski definition) is 0. The maximum Gasteiger partial charge on any atom is 0.303 e. The van der Waals surface area contributed by atoms with Crippen molar-refractivity contribution in [1.82, 2.24) is 0 Å². The SMILES string of the molecule is CCC1Oc2oc(cc(=O)c2Br)CCCCC#CC/C=C\C/C=C/CC1Br. The second-order valence-electron chi connectivity index (χ2n) is 6.44. The van der Waals surface area contributed by atoms with Gasteiger partial charge in [-0.25, -0.2) is 0 Å². The third kappa shape index (κ3) is 7.71. The number of halogens is 2. The Morgan fingerprint density at radius 2 is 2.00 bits per heavy atom. The van der Waals surface area contributed by atoms with E-state index in [0.29, 0.717) is 16.7 Å². The number of rotatable bonds is 1. The summed E-state index contributed by atoms with van der Waals surface area (Å²) in [6, 6.07) is 1.55. The number of aryl methyl sites for hydroxylation is 1. The largest absolute Gasteiger partial charge is 0.460 e. The molecule has 2 rings (SSSR count). The average Bonchev–Trinajstić information content (AvgIpc) is 2.66. The zero-order valence-corrected chi connectivity index (χ0v) is 18.9. The molecule has 5 heteroatoms. The fraction of sp³-hybridized carbons (Fsp3) is 0.500. The van der Waals surface area contributed by atoms with Crippen LogP contribution in [0.2, 0.25) is 0 Å². The molecule has 1 aliphatic heterocycles. The minimum absolute atomic E-state index is 0.0876. The van der Waals surface area contributed by atoms with Gasteiger partial charge in [-0.15, -0.1) is 5.92 Å². The molecule has 0 fully saturated rings. The standard InChI is InChI=1S/C22H26Br2O3/c1-2-20-18(23)15-13-11-9-7-5-3-4-6-8-10-12-14-17-16-19(25)21(24)22(26-17)27-20/h5,7,11,13,16,18,20H,2-3,8-10,12,14-15H2,1H3/b7-5-,13-11+. The van der Waals surface area contributed by atoms with E-state index in [1.54, 1.807) is 6.07 Å². The molecular formula is C22H26Br2O3. The Kier molecular flexibility index (Phi) is 10.0. The number of alkyl halides is 1. The van der Waals surface area contributed by atoms with Gasteiger partial charge in [0.15, 0.2) is 0 Å². The summed E-state index contributed by atoms with van der Waals surface area (Å²) in [6.07, 6.45) is 15.3. The molecule has 1 aromatic heterocycles. The van der Waals surface area contributed by atoms with Gasteiger partial charge in [-0.05, 0) is 48.0 Å². The number of allylic oxidation sites excluding steroid dienone is 4. The van der Waals surface area contributed by atoms with Crippen molar-refractivity contribution in [3.8, 4) is 17.8 Å². The first-order chi connectivity index (χ1) is 13.1. The lowest BCUT2D eigenvalue weighted by molar-refractivity contribution is 0.142. The molecular weight excluding hydrogens is 472 g/mol. The Balaban J connectivity index is 2.20. The topological polar surface area (TPSA) is 39.4 Å². The molecule has 0 saturated heterocycles. The zero-order valence-electron chi connectivity index (χ0n) is 15.7. The van der Waals surface area contributed by atoms with Gasteiger partial charge < -0.3 is 9.15 Å². The van der Waals surface area contributed by atoms with E-state index in [0.717, 1.165) is 44.9 Å². The van der Waals surface area contributed by atoms with Crippen molar-refractivity contribution in [3.05, 3.63) is 50.8 Å². The summed E-state index contributed by atoms with van der Waals surface area (Å²) in [5, 5.41) is 0. The maximum absolute atomic E-state index is 12.3. The Bertz CT molecular complexity index is 768. The van der Waals surface area contributed by atoms with E-state index in [1.807, 2.05) is 0 Å². The summed E-state index contributed by atoms with van der Waals surface area (Å²) in [5.74, 6) is 7.31. The van der Waals surface area contributed by atoms with Crippen molar-refractivity contribution in [1.29, 1.82) is 0 Å². The second kappa shape index (κ2) is 12.3. The third-order valence-corrected chi connectivity index (χ3v) is 5.94. The molecule has 1 aliphatic rings. The van der Waals surface area contributed by atoms with Crippen molar-refractivity contribution < 1.29 is 9.15 Å². The van der Waals surface area contributed by atoms with Gasteiger partial charge in [-0.2, -0.15) is 0 Å². The van der Waals surface area contributed by atoms with E-state index in [2.05, 4.69) is 74.9 Å². The third-order valence-electron chi connectivity index (χ3n) is 4.26. The molecule has 1 aromatic rings. The predicted molar refractivity (Wildman–Crippen MR) is 118 cm³/mol. The second-order valence-corrected chi connectivity index (χ2v) is 8.41. The predicted octanol–water partition coefficient (Wildman–Crippen LogP) is 6.34. The van der Waals surface area contributed by atoms with Crippen molar-refractivity contribution in [2.75, 3.05) is 0 Å². The molecule has 0 aliphatic carbocycles. The Labute approximate surface area is 178 Å². The lowest BCUT2D eigenvalue weighted by Gasteiger charge is -2.21. The van der Waals surface area contributed by atoms with Gasteiger partial charge in [0.1, 0.15) is 16.3 Å². The van der Waals surface area contributed by atoms with Crippen molar-refractivity contribution >= 4 is 31.9 Å². The fourth-order valence-electron chi connectivity index (χ4n) is 2.72. The number of hydrogen-bond acceptors (Lipinski definition) is 3. The molecule has 0 saturated carbocycles. The van der Waals surface area contributed by atoms with Crippen LogP contribution in [0.3, 0.4) is 0 Å². The van der Waals surface area contributed by atoms with Gasteiger partial charge in [0.05, 0.1) is 4.83 Å². The molecule has 2 atom stereocenters. The average molecular weight is 498 g/mol. The van der Waals surface area contributed by atoms with E-state index < -0.39 is 0 Å². The van der Waals surface area contributed by atoms with Crippen LogP contribution in [0.25, 0.3) is 0 Å². The highest BCUT2D eigenvalue weighted by Crippen LogP contribution is 2.28. The molecule has 0 radical (unpaired) electrons. The van der Waals surface area contributed by atoms with Crippen molar-refractivity contribution in [3.63, 3.8) is 0 Å². The van der Waals surface area contributed by atoms with Gasteiger partial charge in [0.2, 0.25) is 5.43 Å². The highest BCUT2D eigenvalue weighted by Gasteiger charge is 2.21. The summed E-state index contributed by atoms with van der Waals surface area (Å²) >= 11 is 7.04. The summed E-state index contributed by atoms with van der Waals surface area (Å²) in [7, 11) is 0. The highest BCUT2D eigenvalue weighted by atomic mass is 79.9. The summed E-state index contributed by atoms with van der Waals surface area (Å²) in [4.78, 5) is 12.4. The lowest BCUT2D eigenvalue weighted by atomic mass is 10.1. The van der Waals surface area contributed by atoms with Crippen molar-refractivity contribution in [2.45, 2.75) is 69.2 Å². The number of fused-ring (bicyclic) bond motifs is 2. The molecule has 2 bridgehead atoms. The first-order valence-electron chi connectivity index (χ1n) is 9.50. The molecule has 27 heavy (non-hydrogen) atoms. The lowest BCUT2D eigenvalue weighted by Crippen LogP contribution is -2.27. The van der Waals surface area contributed by atoms with Crippen LogP contribution in [0.5, 0.6) is 5.95 Å². The van der Waals surface area contributed by atoms with Crippen LogP contribution in [0.4, 0.5) is 0 Å². The Morgan fingerprint density at radius 3 is 2.81 bits per heavy atom. The van der Waals surface area contributed by atoms with Gasteiger partial charge in [0.25, 0.3) is 0 Å². The van der Waals surface area contributed by atoms with Crippen LogP contribution >= 0.6 is 31.9 Å². The smallest absolute Gasteiger partial charge is 0.303 e. The van der Waals surface area contributed by atoms with Gasteiger partial charge in [-0.1, -0.05) is 53.1 Å². The van der Waals surface area contributed by atoms with Gasteiger partial charge >= 0.3 is 5.95 Å². The first-order valence-corrected chi connectivity index (χ1v) is 11.2. The Morgan fingerprint density at radius 1 is 1.19 bits per heavy atom. The van der Waals surface area contributed by atoms with E-state index >= 15 is 0 Å². The van der Waals surface area contributed by atoms with E-state index in [1.165, 1.54) is 0 Å². The van der Waals surface area contributed by atoms with Crippen LogP contribution in [-0.2, 0) is 6.42 Å². The van der Waals surface area contributed by atoms with Crippen molar-refractivity contribution in [2.24, 2.45) is 0 Å². The molecule has 0 spiro atoms. The fourth-order valence-corrected chi connectivity index (χ4v) is 3.70. The molecule has 0 N–H and O–H groups in total. The monoisotopic (exact) mass is 496 g/mol. The van der Waals surface area contributed by atoms with E-state index in [-0.39, 0.29) is 22.3 Å². The van der Waals surface area contributed by atoms with Gasteiger partial charge in [-0.3, -0.25) is 4.79 Å². The quantitative estimate of drug-likeness (QED) is 0.258. The molecule has 2 heterocycles. The van der Waals surface area contributed by atoms with E-state index in [4.69, 9.17) is 9.15 Å².